The fraction of sp³-hybridized carbons (Fsp3) is 0.200. The minimum Gasteiger partial charge on any atom is -0.497 e. The zero-order valence-electron chi connectivity index (χ0n) is 29.8. The molecule has 1 fully saturated rings. The lowest BCUT2D eigenvalue weighted by Crippen LogP contribution is -2.34. The van der Waals surface area contributed by atoms with Gasteiger partial charge in [-0.05, 0) is 86.6 Å². The van der Waals surface area contributed by atoms with Crippen molar-refractivity contribution in [1.29, 1.82) is 0 Å². The second-order valence-electron chi connectivity index (χ2n) is 10.5. The Kier molecular flexibility index (Phi) is 16.9. The fourth-order valence-electron chi connectivity index (χ4n) is 4.16. The number of pyridine rings is 2. The molecule has 1 aliphatic heterocycles. The molecule has 1 N–H and O–H groups in total. The molecule has 20 heteroatoms. The Hall–Kier alpha value is -4.02. The maximum Gasteiger partial charge on any atom is 0.376 e. The molecule has 6 rings (SSSR count). The second-order valence-corrected chi connectivity index (χ2v) is 32.8. The largest absolute Gasteiger partial charge is 0.497 e. The van der Waals surface area contributed by atoms with Crippen LogP contribution < -0.4 is 25.4 Å². The van der Waals surface area contributed by atoms with Crippen molar-refractivity contribution in [3.63, 3.8) is 0 Å². The number of benzene rings is 2. The molecule has 13 nitrogen and oxygen atoms in total. The molecule has 3 aromatic heterocycles. The summed E-state index contributed by atoms with van der Waals surface area (Å²) in [7, 11) is 3.34. The van der Waals surface area contributed by atoms with E-state index in [0.29, 0.717) is 17.2 Å². The molecule has 0 atom stereocenters. The Bertz CT molecular complexity index is 2080. The van der Waals surface area contributed by atoms with Gasteiger partial charge in [0.15, 0.2) is 0 Å². The summed E-state index contributed by atoms with van der Waals surface area (Å²) in [4.78, 5) is 52.7. The molecular weight excluding hydrogens is 841 g/mol. The number of carbonyl (C=O) groups excluding carboxylic acids is 4. The number of aromatic nitrogens is 4. The number of rotatable bonds is 12. The smallest absolute Gasteiger partial charge is 0.376 e. The number of methoxy groups -OCH3 is 2. The number of hydrogen-bond donors (Lipinski definition) is 1. The highest BCUT2D eigenvalue weighted by Gasteiger charge is 2.45. The van der Waals surface area contributed by atoms with Crippen LogP contribution in [-0.2, 0) is 42.7 Å². The zero-order chi connectivity index (χ0) is 39.8. The first-order valence-electron chi connectivity index (χ1n) is 16.2. The van der Waals surface area contributed by atoms with Crippen LogP contribution in [0.4, 0.5) is 0 Å². The summed E-state index contributed by atoms with van der Waals surface area (Å²) in [5.41, 5.74) is 1.17. The lowest BCUT2D eigenvalue weighted by molar-refractivity contribution is -0.153. The average Bonchev–Trinajstić information content (AvgIpc) is 3.72. The zero-order valence-corrected chi connectivity index (χ0v) is 35.7. The molecular formula is C35H35N5O8P2S5. The molecule has 0 radical (unpaired) electrons. The van der Waals surface area contributed by atoms with Gasteiger partial charge in [0.2, 0.25) is 5.01 Å². The first-order chi connectivity index (χ1) is 26.4. The predicted octanol–water partition coefficient (Wildman–Crippen LogP) is 6.47. The summed E-state index contributed by atoms with van der Waals surface area (Å²) in [5, 5.41) is 13.4. The molecule has 2 aromatic carbocycles. The third-order valence-electron chi connectivity index (χ3n) is 6.83. The molecule has 0 aliphatic carbocycles. The lowest BCUT2D eigenvalue weighted by atomic mass is 10.2. The Balaban J connectivity index is 0.000000187. The van der Waals surface area contributed by atoms with Gasteiger partial charge in [0.1, 0.15) is 16.5 Å². The highest BCUT2D eigenvalue weighted by molar-refractivity contribution is 9.48. The van der Waals surface area contributed by atoms with E-state index in [9.17, 15) is 19.2 Å². The van der Waals surface area contributed by atoms with E-state index >= 15 is 0 Å². The molecule has 0 saturated carbocycles. The number of ketones is 1. The van der Waals surface area contributed by atoms with Crippen molar-refractivity contribution in [3.05, 3.63) is 108 Å². The number of nitrogens with zero attached hydrogens (tertiary/aromatic N) is 4. The lowest BCUT2D eigenvalue weighted by Gasteiger charge is -2.40. The van der Waals surface area contributed by atoms with Gasteiger partial charge in [-0.3, -0.25) is 19.6 Å². The van der Waals surface area contributed by atoms with Crippen LogP contribution in [0.3, 0.4) is 0 Å². The topological polar surface area (TPSA) is 169 Å². The average molecular weight is 876 g/mol. The summed E-state index contributed by atoms with van der Waals surface area (Å²) in [6, 6.07) is 23.0. The van der Waals surface area contributed by atoms with Crippen LogP contribution in [-0.4, -0.2) is 77.8 Å². The Morgan fingerprint density at radius 3 is 1.75 bits per heavy atom. The van der Waals surface area contributed by atoms with Crippen molar-refractivity contribution in [2.75, 3.05) is 34.0 Å². The molecule has 288 valence electrons. The predicted molar refractivity (Wildman–Crippen MR) is 226 cm³/mol. The SMILES string of the molecule is CCOC(=O)C(=O)CNC(=O)c1cccnc1.CCOC(=O)c1nnc(-c2cccnc2)s1.COc1ccc(P2(=S)SP(=S)(c3ccc(OC)cc3)S2)cc1. The van der Waals surface area contributed by atoms with Gasteiger partial charge in [-0.25, -0.2) is 9.59 Å². The van der Waals surface area contributed by atoms with Crippen LogP contribution in [0.15, 0.2) is 97.6 Å². The minimum atomic E-state index is -1.66. The first-order valence-corrected chi connectivity index (χ1v) is 26.6. The number of nitrogens with one attached hydrogen (secondary N) is 1. The normalized spacial score (nSPS) is 16.7. The number of amides is 1. The Morgan fingerprint density at radius 2 is 1.27 bits per heavy atom. The van der Waals surface area contributed by atoms with Crippen LogP contribution in [0, 0.1) is 0 Å². The third-order valence-corrected chi connectivity index (χ3v) is 39.0. The van der Waals surface area contributed by atoms with Crippen LogP contribution in [0.25, 0.3) is 10.6 Å². The monoisotopic (exact) mass is 875 g/mol. The van der Waals surface area contributed by atoms with Gasteiger partial charge in [0.05, 0.1) is 48.4 Å². The Morgan fingerprint density at radius 1 is 0.727 bits per heavy atom. The summed E-state index contributed by atoms with van der Waals surface area (Å²) in [5.74, 6) is -0.917. The van der Waals surface area contributed by atoms with Crippen LogP contribution >= 0.6 is 42.2 Å². The molecule has 0 unspecified atom stereocenters. The molecule has 1 amide bonds. The summed E-state index contributed by atoms with van der Waals surface area (Å²) in [6.45, 7) is 3.43. The van der Waals surface area contributed by atoms with Gasteiger partial charge >= 0.3 is 11.9 Å². The molecule has 55 heavy (non-hydrogen) atoms. The van der Waals surface area contributed by atoms with Crippen molar-refractivity contribution < 1.29 is 38.1 Å². The van der Waals surface area contributed by atoms with E-state index in [1.165, 1.54) is 34.3 Å². The Labute approximate surface area is 339 Å². The van der Waals surface area contributed by atoms with Gasteiger partial charge in [-0.2, -0.15) is 0 Å². The maximum atomic E-state index is 11.5. The van der Waals surface area contributed by atoms with E-state index in [0.717, 1.165) is 17.1 Å². The highest BCUT2D eigenvalue weighted by Crippen LogP contribution is 3.04. The van der Waals surface area contributed by atoms with Crippen molar-refractivity contribution >= 4 is 100 Å². The van der Waals surface area contributed by atoms with E-state index in [1.54, 1.807) is 58.7 Å². The van der Waals surface area contributed by atoms with E-state index < -0.39 is 32.5 Å². The quantitative estimate of drug-likeness (QED) is 0.0821. The van der Waals surface area contributed by atoms with Crippen LogP contribution in [0.1, 0.15) is 34.0 Å². The number of esters is 2. The van der Waals surface area contributed by atoms with Crippen molar-refractivity contribution in [2.45, 2.75) is 13.8 Å². The molecule has 1 saturated heterocycles. The van der Waals surface area contributed by atoms with E-state index in [1.807, 2.05) is 52.3 Å². The maximum absolute atomic E-state index is 11.5. The number of hydrogen-bond acceptors (Lipinski definition) is 17. The number of carbonyl (C=O) groups is 4. The van der Waals surface area contributed by atoms with Crippen molar-refractivity contribution in [2.24, 2.45) is 0 Å². The molecule has 0 bridgehead atoms. The van der Waals surface area contributed by atoms with Gasteiger partial charge < -0.3 is 24.3 Å². The molecule has 5 aromatic rings. The standard InChI is InChI=1S/C14H14O2P2S4.C11H12N2O4.C10H9N3O2S/c1-15-11-3-7-13(8-4-11)17(19)21-18(20,22-17)14-9-5-12(16-2)6-10-14;1-2-17-11(16)9(14)7-13-10(15)8-4-3-5-12-6-8;1-2-15-10(14)9-13-12-8(16-9)7-4-3-5-11-6-7/h3-10H,1-2H3;3-6H,2,7H2,1H3,(H,13,15);3-6H,2H2,1H3. The number of ether oxygens (including phenoxy) is 4. The summed E-state index contributed by atoms with van der Waals surface area (Å²) in [6.07, 6.45) is 6.25. The van der Waals surface area contributed by atoms with Gasteiger partial charge in [0, 0.05) is 41.0 Å². The van der Waals surface area contributed by atoms with Crippen LogP contribution in [0.2, 0.25) is 0 Å². The van der Waals surface area contributed by atoms with Crippen molar-refractivity contribution in [3.8, 4) is 22.1 Å². The highest BCUT2D eigenvalue weighted by atomic mass is 33.7. The van der Waals surface area contributed by atoms with E-state index in [4.69, 9.17) is 37.8 Å². The molecule has 1 aliphatic rings. The fourth-order valence-corrected chi connectivity index (χ4v) is 47.2. The van der Waals surface area contributed by atoms with Crippen molar-refractivity contribution in [1.82, 2.24) is 25.5 Å². The molecule has 4 heterocycles. The van der Waals surface area contributed by atoms with Gasteiger partial charge in [0.25, 0.3) is 11.7 Å². The summed E-state index contributed by atoms with van der Waals surface area (Å²) < 4.78 is 16.4. The van der Waals surface area contributed by atoms with E-state index in [-0.39, 0.29) is 18.2 Å². The minimum absolute atomic E-state index is 0.126. The molecule has 0 spiro atoms. The van der Waals surface area contributed by atoms with Gasteiger partial charge in [-0.15, -0.1) is 10.2 Å². The summed E-state index contributed by atoms with van der Waals surface area (Å²) >= 11 is 16.7. The van der Waals surface area contributed by atoms with Crippen LogP contribution in [0.5, 0.6) is 11.5 Å². The second kappa shape index (κ2) is 21.3. The van der Waals surface area contributed by atoms with E-state index in [2.05, 4.69) is 54.5 Å². The number of Topliss-reactive ketones (excluding diaryl/α,β-unsaturated/α-hetero) is 1. The third kappa shape index (κ3) is 12.5. The van der Waals surface area contributed by atoms with Gasteiger partial charge in [-0.1, -0.05) is 57.0 Å². The first kappa shape index (κ1) is 43.7.